The molecule has 0 aliphatic rings. The van der Waals surface area contributed by atoms with E-state index in [1.165, 1.54) is 173 Å². The Morgan fingerprint density at radius 1 is 0.259 bits per heavy atom. The molecule has 0 bridgehead atoms. The van der Waals surface area contributed by atoms with E-state index in [-0.39, 0.29) is 31.1 Å². The summed E-state index contributed by atoms with van der Waals surface area (Å²) >= 11 is 0. The SMILES string of the molecule is CC/C=C\C/C=C\C/C=C\C/C=C\C/C=C\C/C=C\CCCCCCCCCCCCCCC(=O)OCC(COC(=O)CCCCCCC/C=C\C/C=C\CCCCC)OC(=O)CCCCCCCCC/C=C\CCCCCCCC. The maximum Gasteiger partial charge on any atom is 0.306 e. The fraction of sp³-hybridized carbons (Fsp3) is 0.720. The number of unbranched alkanes of at least 4 members (excludes halogenated alkanes) is 33. The highest BCUT2D eigenvalue weighted by Gasteiger charge is 2.19. The van der Waals surface area contributed by atoms with Crippen LogP contribution < -0.4 is 0 Å². The second-order valence-corrected chi connectivity index (χ2v) is 22.7. The second-order valence-electron chi connectivity index (χ2n) is 22.7. The average Bonchev–Trinajstić information content (AvgIpc) is 3.47. The Hall–Kier alpha value is -3.93. The van der Waals surface area contributed by atoms with Crippen LogP contribution in [0.4, 0.5) is 0 Å². The zero-order valence-electron chi connectivity index (χ0n) is 53.3. The lowest BCUT2D eigenvalue weighted by Crippen LogP contribution is -2.30. The predicted octanol–water partition coefficient (Wildman–Crippen LogP) is 23.8. The molecular weight excluding hydrogens is 997 g/mol. The van der Waals surface area contributed by atoms with Gasteiger partial charge in [0.2, 0.25) is 0 Å². The smallest absolute Gasteiger partial charge is 0.306 e. The van der Waals surface area contributed by atoms with E-state index in [1.807, 2.05) is 0 Å². The minimum atomic E-state index is -0.789. The number of carbonyl (C=O) groups excluding carboxylic acids is 3. The monoisotopic (exact) mass is 1120 g/mol. The highest BCUT2D eigenvalue weighted by molar-refractivity contribution is 5.71. The molecule has 0 aromatic rings. The van der Waals surface area contributed by atoms with Gasteiger partial charge in [0.1, 0.15) is 13.2 Å². The fourth-order valence-corrected chi connectivity index (χ4v) is 9.59. The van der Waals surface area contributed by atoms with Crippen molar-refractivity contribution in [1.82, 2.24) is 0 Å². The van der Waals surface area contributed by atoms with Crippen LogP contribution in [0.15, 0.2) is 109 Å². The molecule has 0 heterocycles. The lowest BCUT2D eigenvalue weighted by atomic mass is 10.0. The number of hydrogen-bond acceptors (Lipinski definition) is 6. The first-order chi connectivity index (χ1) is 40.0. The summed E-state index contributed by atoms with van der Waals surface area (Å²) < 4.78 is 17.0. The van der Waals surface area contributed by atoms with E-state index in [2.05, 4.69) is 130 Å². The van der Waals surface area contributed by atoms with Gasteiger partial charge in [0.05, 0.1) is 0 Å². The Morgan fingerprint density at radius 3 is 0.790 bits per heavy atom. The summed E-state index contributed by atoms with van der Waals surface area (Å²) in [4.78, 5) is 38.4. The highest BCUT2D eigenvalue weighted by Crippen LogP contribution is 2.16. The second kappa shape index (κ2) is 68.6. The number of rotatable bonds is 62. The quantitative estimate of drug-likeness (QED) is 0.0261. The molecule has 0 spiro atoms. The first kappa shape index (κ1) is 77.1. The van der Waals surface area contributed by atoms with Crippen LogP contribution in [-0.4, -0.2) is 37.2 Å². The molecule has 0 aliphatic heterocycles. The molecular formula is C75H128O6. The van der Waals surface area contributed by atoms with Crippen molar-refractivity contribution in [3.8, 4) is 0 Å². The van der Waals surface area contributed by atoms with Crippen LogP contribution in [0.2, 0.25) is 0 Å². The minimum absolute atomic E-state index is 0.0841. The third-order valence-electron chi connectivity index (χ3n) is 14.7. The largest absolute Gasteiger partial charge is 0.462 e. The van der Waals surface area contributed by atoms with E-state index in [4.69, 9.17) is 14.2 Å². The molecule has 0 radical (unpaired) electrons. The first-order valence-electron chi connectivity index (χ1n) is 34.4. The summed E-state index contributed by atoms with van der Waals surface area (Å²) in [7, 11) is 0. The number of hydrogen-bond donors (Lipinski definition) is 0. The molecule has 81 heavy (non-hydrogen) atoms. The summed E-state index contributed by atoms with van der Waals surface area (Å²) in [6.45, 7) is 6.51. The molecule has 0 aliphatic carbocycles. The van der Waals surface area contributed by atoms with Gasteiger partial charge in [0.15, 0.2) is 6.10 Å². The third kappa shape index (κ3) is 66.8. The van der Waals surface area contributed by atoms with Gasteiger partial charge in [0, 0.05) is 19.3 Å². The number of ether oxygens (including phenoxy) is 3. The first-order valence-corrected chi connectivity index (χ1v) is 34.4. The van der Waals surface area contributed by atoms with Crippen LogP contribution in [0.1, 0.15) is 329 Å². The third-order valence-corrected chi connectivity index (χ3v) is 14.7. The predicted molar refractivity (Wildman–Crippen MR) is 353 cm³/mol. The lowest BCUT2D eigenvalue weighted by Gasteiger charge is -2.18. The highest BCUT2D eigenvalue weighted by atomic mass is 16.6. The van der Waals surface area contributed by atoms with Crippen LogP contribution in [0.25, 0.3) is 0 Å². The molecule has 464 valence electrons. The molecule has 0 amide bonds. The van der Waals surface area contributed by atoms with Gasteiger partial charge in [-0.05, 0) is 128 Å². The maximum absolute atomic E-state index is 12.9. The van der Waals surface area contributed by atoms with Gasteiger partial charge in [-0.15, -0.1) is 0 Å². The Kier molecular flexibility index (Phi) is 65.2. The van der Waals surface area contributed by atoms with Crippen LogP contribution in [0.5, 0.6) is 0 Å². The normalized spacial score (nSPS) is 12.8. The van der Waals surface area contributed by atoms with Crippen molar-refractivity contribution < 1.29 is 28.6 Å². The Bertz CT molecular complexity index is 1620. The van der Waals surface area contributed by atoms with Gasteiger partial charge < -0.3 is 14.2 Å². The Balaban J connectivity index is 4.28. The number of esters is 3. The molecule has 0 saturated carbocycles. The summed E-state index contributed by atoms with van der Waals surface area (Å²) in [5.41, 5.74) is 0. The number of allylic oxidation sites excluding steroid dienone is 18. The molecule has 0 rings (SSSR count). The summed E-state index contributed by atoms with van der Waals surface area (Å²) in [5, 5.41) is 0. The van der Waals surface area contributed by atoms with Gasteiger partial charge in [-0.2, -0.15) is 0 Å². The van der Waals surface area contributed by atoms with Crippen molar-refractivity contribution >= 4 is 17.9 Å². The standard InChI is InChI=1S/C75H128O6/c1-4-7-10-13-16-19-22-25-28-30-31-32-33-34-35-36-37-38-39-40-41-42-43-45-47-50-53-56-59-62-65-68-74(77)80-71-72(70-79-73(76)67-64-61-58-55-52-49-46-27-24-21-18-15-12-9-6-3)81-75(78)69-66-63-60-57-54-51-48-44-29-26-23-20-17-14-11-8-5-2/h7,10,16,18-19,21,25-29,31-32,34-35,37-38,46,72H,4-6,8-9,11-15,17,20,22-24,30,33,36,39-45,47-71H2,1-3H3/b10-7-,19-16-,21-18-,28-25-,29-26-,32-31-,35-34-,38-37-,46-27-. The molecule has 0 N–H and O–H groups in total. The number of carbonyl (C=O) groups is 3. The molecule has 0 fully saturated rings. The van der Waals surface area contributed by atoms with Gasteiger partial charge in [0.25, 0.3) is 0 Å². The van der Waals surface area contributed by atoms with E-state index in [9.17, 15) is 14.4 Å². The molecule has 0 aromatic heterocycles. The Morgan fingerprint density at radius 2 is 0.481 bits per heavy atom. The Labute approximate surface area is 501 Å². The van der Waals surface area contributed by atoms with E-state index < -0.39 is 6.10 Å². The lowest BCUT2D eigenvalue weighted by molar-refractivity contribution is -0.167. The van der Waals surface area contributed by atoms with Crippen molar-refractivity contribution in [3.05, 3.63) is 109 Å². The van der Waals surface area contributed by atoms with E-state index in [0.29, 0.717) is 19.3 Å². The van der Waals surface area contributed by atoms with E-state index >= 15 is 0 Å². The van der Waals surface area contributed by atoms with Crippen molar-refractivity contribution in [2.45, 2.75) is 335 Å². The van der Waals surface area contributed by atoms with Gasteiger partial charge in [-0.1, -0.05) is 291 Å². The topological polar surface area (TPSA) is 78.9 Å². The van der Waals surface area contributed by atoms with Crippen molar-refractivity contribution in [1.29, 1.82) is 0 Å². The molecule has 1 unspecified atom stereocenters. The zero-order valence-corrected chi connectivity index (χ0v) is 53.3. The van der Waals surface area contributed by atoms with Crippen molar-refractivity contribution in [2.75, 3.05) is 13.2 Å². The van der Waals surface area contributed by atoms with Crippen LogP contribution in [0, 0.1) is 0 Å². The average molecular weight is 1130 g/mol. The maximum atomic E-state index is 12.9. The zero-order chi connectivity index (χ0) is 58.5. The molecule has 1 atom stereocenters. The van der Waals surface area contributed by atoms with Crippen LogP contribution in [-0.2, 0) is 28.6 Å². The van der Waals surface area contributed by atoms with Gasteiger partial charge >= 0.3 is 17.9 Å². The van der Waals surface area contributed by atoms with Gasteiger partial charge in [-0.3, -0.25) is 14.4 Å². The van der Waals surface area contributed by atoms with Crippen LogP contribution in [0.3, 0.4) is 0 Å². The summed E-state index contributed by atoms with van der Waals surface area (Å²) in [6, 6.07) is 0. The molecule has 6 nitrogen and oxygen atoms in total. The summed E-state index contributed by atoms with van der Waals surface area (Å²) in [6.07, 6.45) is 93.9. The van der Waals surface area contributed by atoms with Gasteiger partial charge in [-0.25, -0.2) is 0 Å². The van der Waals surface area contributed by atoms with E-state index in [0.717, 1.165) is 116 Å². The van der Waals surface area contributed by atoms with Crippen molar-refractivity contribution in [2.24, 2.45) is 0 Å². The van der Waals surface area contributed by atoms with Crippen LogP contribution >= 0.6 is 0 Å². The van der Waals surface area contributed by atoms with E-state index in [1.54, 1.807) is 0 Å². The minimum Gasteiger partial charge on any atom is -0.462 e. The van der Waals surface area contributed by atoms with Crippen molar-refractivity contribution in [3.63, 3.8) is 0 Å². The molecule has 6 heteroatoms. The fourth-order valence-electron chi connectivity index (χ4n) is 9.59. The molecule has 0 aromatic carbocycles. The molecule has 0 saturated heterocycles. The summed E-state index contributed by atoms with van der Waals surface area (Å²) in [5.74, 6) is -0.893.